The van der Waals surface area contributed by atoms with Gasteiger partial charge in [0, 0.05) is 18.0 Å². The molecule has 1 aliphatic heterocycles. The van der Waals surface area contributed by atoms with Crippen molar-refractivity contribution in [3.63, 3.8) is 0 Å². The summed E-state index contributed by atoms with van der Waals surface area (Å²) in [5.41, 5.74) is 1.72. The minimum Gasteiger partial charge on any atom is -0.475 e. The molecule has 0 amide bonds. The van der Waals surface area contributed by atoms with Crippen LogP contribution in [0.4, 0.5) is 11.6 Å². The molecule has 3 N–H and O–H groups in total. The van der Waals surface area contributed by atoms with E-state index in [1.165, 1.54) is 6.07 Å². The van der Waals surface area contributed by atoms with Crippen LogP contribution in [-0.2, 0) is 10.0 Å². The van der Waals surface area contributed by atoms with Crippen LogP contribution in [-0.4, -0.2) is 41.2 Å². The maximum absolute atomic E-state index is 12.9. The summed E-state index contributed by atoms with van der Waals surface area (Å²) in [6.45, 7) is 4.62. The first-order valence-corrected chi connectivity index (χ1v) is 10.8. The molecule has 4 rings (SSSR count). The molecular weight excluding hydrogens is 392 g/mol. The van der Waals surface area contributed by atoms with Gasteiger partial charge in [0.15, 0.2) is 0 Å². The highest BCUT2D eigenvalue weighted by Crippen LogP contribution is 2.25. The van der Waals surface area contributed by atoms with Gasteiger partial charge in [-0.15, -0.1) is 0 Å². The molecule has 0 aliphatic carbocycles. The number of hydrogen-bond acceptors (Lipinski definition) is 7. The highest BCUT2D eigenvalue weighted by Gasteiger charge is 2.21. The summed E-state index contributed by atoms with van der Waals surface area (Å²) in [6.07, 6.45) is 2.51. The molecule has 3 aromatic rings. The highest BCUT2D eigenvalue weighted by atomic mass is 32.2. The number of fused-ring (bicyclic) bond motifs is 4. The lowest BCUT2D eigenvalue weighted by Crippen LogP contribution is -2.29. The lowest BCUT2D eigenvalue weighted by molar-refractivity contribution is 0.271. The molecule has 0 spiro atoms. The van der Waals surface area contributed by atoms with Crippen LogP contribution in [0.1, 0.15) is 20.3 Å². The van der Waals surface area contributed by atoms with Crippen molar-refractivity contribution in [2.45, 2.75) is 31.2 Å². The number of ether oxygens (including phenoxy) is 1. The molecule has 9 nitrogen and oxygen atoms in total. The van der Waals surface area contributed by atoms with E-state index in [9.17, 15) is 8.42 Å². The minimum atomic E-state index is -3.87. The summed E-state index contributed by atoms with van der Waals surface area (Å²) in [5, 5.41) is 10.2. The topological polar surface area (TPSA) is 122 Å². The van der Waals surface area contributed by atoms with Crippen molar-refractivity contribution >= 4 is 21.7 Å². The SMILES string of the molecule is CC(C)C[C@@H]1COc2cc(-c3cc[nH]n3)nc(n2)NS(=O)(=O)c2cccc(c2)N1. The molecule has 1 atom stereocenters. The molecule has 0 saturated carbocycles. The molecule has 0 unspecified atom stereocenters. The Morgan fingerprint density at radius 3 is 2.79 bits per heavy atom. The number of anilines is 2. The van der Waals surface area contributed by atoms with Gasteiger partial charge in [-0.3, -0.25) is 5.10 Å². The first-order chi connectivity index (χ1) is 13.9. The van der Waals surface area contributed by atoms with E-state index >= 15 is 0 Å². The maximum Gasteiger partial charge on any atom is 0.264 e. The zero-order valence-corrected chi connectivity index (χ0v) is 16.9. The van der Waals surface area contributed by atoms with Gasteiger partial charge in [0.1, 0.15) is 12.3 Å². The highest BCUT2D eigenvalue weighted by molar-refractivity contribution is 7.92. The molecule has 1 aliphatic rings. The lowest BCUT2D eigenvalue weighted by Gasteiger charge is -2.23. The van der Waals surface area contributed by atoms with Crippen LogP contribution in [0.5, 0.6) is 5.88 Å². The molecule has 3 heterocycles. The smallest absolute Gasteiger partial charge is 0.264 e. The molecule has 2 aromatic heterocycles. The number of nitrogens with one attached hydrogen (secondary N) is 3. The van der Waals surface area contributed by atoms with Crippen molar-refractivity contribution < 1.29 is 13.2 Å². The molecule has 29 heavy (non-hydrogen) atoms. The van der Waals surface area contributed by atoms with Crippen molar-refractivity contribution in [2.75, 3.05) is 16.6 Å². The number of aromatic amines is 1. The van der Waals surface area contributed by atoms with E-state index in [4.69, 9.17) is 4.74 Å². The summed E-state index contributed by atoms with van der Waals surface area (Å²) in [4.78, 5) is 8.66. The van der Waals surface area contributed by atoms with Crippen LogP contribution < -0.4 is 14.8 Å². The molecular formula is C19H22N6O3S. The third-order valence-corrected chi connectivity index (χ3v) is 5.72. The second-order valence-electron chi connectivity index (χ2n) is 7.29. The lowest BCUT2D eigenvalue weighted by atomic mass is 10.0. The first-order valence-electron chi connectivity index (χ1n) is 9.30. The third kappa shape index (κ3) is 4.48. The van der Waals surface area contributed by atoms with Gasteiger partial charge in [-0.25, -0.2) is 18.1 Å². The van der Waals surface area contributed by atoms with Gasteiger partial charge in [-0.05, 0) is 36.6 Å². The van der Waals surface area contributed by atoms with Crippen molar-refractivity contribution in [3.8, 4) is 17.3 Å². The van der Waals surface area contributed by atoms with E-state index in [1.807, 2.05) is 6.07 Å². The zero-order chi connectivity index (χ0) is 20.4. The Kier molecular flexibility index (Phi) is 5.10. The summed E-state index contributed by atoms with van der Waals surface area (Å²) >= 11 is 0. The number of hydrogen-bond donors (Lipinski definition) is 3. The van der Waals surface area contributed by atoms with Crippen LogP contribution in [0.15, 0.2) is 47.5 Å². The molecule has 152 valence electrons. The fraction of sp³-hybridized carbons (Fsp3) is 0.316. The Morgan fingerprint density at radius 1 is 1.17 bits per heavy atom. The number of rotatable bonds is 3. The Hall–Kier alpha value is -3.14. The van der Waals surface area contributed by atoms with Crippen LogP contribution in [0.3, 0.4) is 0 Å². The van der Waals surface area contributed by atoms with Crippen molar-refractivity contribution in [2.24, 2.45) is 5.92 Å². The third-order valence-electron chi connectivity index (χ3n) is 4.39. The second kappa shape index (κ2) is 7.70. The first kappa shape index (κ1) is 19.2. The molecule has 10 heteroatoms. The van der Waals surface area contributed by atoms with Crippen molar-refractivity contribution in [1.82, 2.24) is 20.2 Å². The maximum atomic E-state index is 12.9. The number of H-pyrrole nitrogens is 1. The van der Waals surface area contributed by atoms with Crippen molar-refractivity contribution in [1.29, 1.82) is 0 Å². The Morgan fingerprint density at radius 2 is 2.03 bits per heavy atom. The van der Waals surface area contributed by atoms with E-state index in [0.717, 1.165) is 6.42 Å². The van der Waals surface area contributed by atoms with Crippen LogP contribution in [0.25, 0.3) is 11.4 Å². The van der Waals surface area contributed by atoms with E-state index in [-0.39, 0.29) is 22.8 Å². The largest absolute Gasteiger partial charge is 0.475 e. The van der Waals surface area contributed by atoms with Gasteiger partial charge in [0.05, 0.1) is 16.6 Å². The van der Waals surface area contributed by atoms with Gasteiger partial charge in [0.2, 0.25) is 11.8 Å². The number of sulfonamides is 1. The second-order valence-corrected chi connectivity index (χ2v) is 8.97. The summed E-state index contributed by atoms with van der Waals surface area (Å²) in [6, 6.07) is 10.0. The van der Waals surface area contributed by atoms with Crippen LogP contribution in [0, 0.1) is 5.92 Å². The summed E-state index contributed by atoms with van der Waals surface area (Å²) < 4.78 is 34.1. The molecule has 0 radical (unpaired) electrons. The Balaban J connectivity index is 1.79. The monoisotopic (exact) mass is 414 g/mol. The Bertz CT molecular complexity index is 1100. The molecule has 4 bridgehead atoms. The van der Waals surface area contributed by atoms with Crippen LogP contribution >= 0.6 is 0 Å². The molecule has 0 saturated heterocycles. The van der Waals surface area contributed by atoms with E-state index in [1.54, 1.807) is 30.5 Å². The standard InChI is InChI=1S/C19H22N6O3S/c1-12(2)8-14-11-28-18-10-17(16-6-7-20-24-16)22-19(23-18)25-29(26,27)15-5-3-4-13(9-15)21-14/h3-7,9-10,12,14,21H,8,11H2,1-2H3,(H,20,24)(H,22,23,25)/t14-/m1/s1. The number of aromatic nitrogens is 4. The van der Waals surface area contributed by atoms with Gasteiger partial charge < -0.3 is 10.1 Å². The summed E-state index contributed by atoms with van der Waals surface area (Å²) in [5.74, 6) is 0.633. The fourth-order valence-corrected chi connectivity index (χ4v) is 4.16. The zero-order valence-electron chi connectivity index (χ0n) is 16.1. The quantitative estimate of drug-likeness (QED) is 0.602. The average molecular weight is 414 g/mol. The van der Waals surface area contributed by atoms with Gasteiger partial charge in [-0.1, -0.05) is 19.9 Å². The average Bonchev–Trinajstić information content (AvgIpc) is 3.20. The fourth-order valence-electron chi connectivity index (χ4n) is 3.17. The van der Waals surface area contributed by atoms with Gasteiger partial charge in [0.25, 0.3) is 10.0 Å². The number of nitrogens with zero attached hydrogens (tertiary/aromatic N) is 3. The van der Waals surface area contributed by atoms with E-state index in [2.05, 4.69) is 44.1 Å². The molecule has 1 aromatic carbocycles. The summed E-state index contributed by atoms with van der Waals surface area (Å²) in [7, 11) is -3.87. The predicted molar refractivity (Wildman–Crippen MR) is 109 cm³/mol. The predicted octanol–water partition coefficient (Wildman–Crippen LogP) is 2.89. The number of benzene rings is 1. The Labute approximate surface area is 169 Å². The molecule has 0 fully saturated rings. The van der Waals surface area contributed by atoms with Crippen LogP contribution in [0.2, 0.25) is 0 Å². The minimum absolute atomic E-state index is 0.0208. The van der Waals surface area contributed by atoms with Gasteiger partial charge >= 0.3 is 0 Å². The van der Waals surface area contributed by atoms with E-state index in [0.29, 0.717) is 29.6 Å². The van der Waals surface area contributed by atoms with Gasteiger partial charge in [-0.2, -0.15) is 10.1 Å². The van der Waals surface area contributed by atoms with Crippen molar-refractivity contribution in [3.05, 3.63) is 42.6 Å². The van der Waals surface area contributed by atoms with E-state index < -0.39 is 10.0 Å². The normalized spacial score (nSPS) is 18.0.